The number of hydrogen-bond acceptors (Lipinski definition) is 4. The molecule has 0 spiro atoms. The number of hydrogen-bond donors (Lipinski definition) is 1. The fourth-order valence-electron chi connectivity index (χ4n) is 3.51. The third-order valence-corrected chi connectivity index (χ3v) is 4.46. The van der Waals surface area contributed by atoms with Crippen molar-refractivity contribution in [3.8, 4) is 0 Å². The summed E-state index contributed by atoms with van der Waals surface area (Å²) in [5, 5.41) is 2.84. The lowest BCUT2D eigenvalue weighted by Crippen LogP contribution is -2.64. The fraction of sp³-hybridized carbons (Fsp3) is 0.882. The molecule has 3 unspecified atom stereocenters. The Hall–Kier alpha value is -0.970. The summed E-state index contributed by atoms with van der Waals surface area (Å²) >= 11 is 5.60. The van der Waals surface area contributed by atoms with Gasteiger partial charge in [0.25, 0.3) is 0 Å². The number of ether oxygens (including phenoxy) is 2. The highest BCUT2D eigenvalue weighted by atomic mass is 35.5. The zero-order valence-electron chi connectivity index (χ0n) is 15.1. The minimum Gasteiger partial charge on any atom is -0.448 e. The molecule has 0 saturated heterocycles. The standard InChI is InChI=1S/C17H30ClNO4/c1-11(2)13-8-7-12(3)9-17(13,14(20)22-10-18)19-15(21)23-16(4,5)6/h11-13H,7-10H2,1-6H3,(H,19,21). The highest BCUT2D eigenvalue weighted by Crippen LogP contribution is 2.42. The molecule has 0 heterocycles. The largest absolute Gasteiger partial charge is 0.448 e. The molecule has 0 bridgehead atoms. The number of carbonyl (C=O) groups excluding carboxylic acids is 2. The van der Waals surface area contributed by atoms with Crippen LogP contribution in [0.4, 0.5) is 4.79 Å². The van der Waals surface area contributed by atoms with Gasteiger partial charge in [-0.3, -0.25) is 0 Å². The molecule has 134 valence electrons. The van der Waals surface area contributed by atoms with E-state index in [1.807, 2.05) is 0 Å². The van der Waals surface area contributed by atoms with Crippen LogP contribution in [0.1, 0.15) is 60.8 Å². The van der Waals surface area contributed by atoms with Gasteiger partial charge in [-0.15, -0.1) is 0 Å². The molecule has 0 aromatic heterocycles. The minimum atomic E-state index is -1.08. The van der Waals surface area contributed by atoms with E-state index in [-0.39, 0.29) is 17.9 Å². The molecule has 0 aromatic carbocycles. The normalized spacial score (nSPS) is 28.3. The van der Waals surface area contributed by atoms with Crippen LogP contribution in [0.25, 0.3) is 0 Å². The Balaban J connectivity index is 3.13. The van der Waals surface area contributed by atoms with E-state index in [1.54, 1.807) is 20.8 Å². The molecule has 1 N–H and O–H groups in total. The number of nitrogens with one attached hydrogen (secondary N) is 1. The monoisotopic (exact) mass is 347 g/mol. The molecular formula is C17H30ClNO4. The number of alkyl halides is 1. The molecule has 3 atom stereocenters. The SMILES string of the molecule is CC1CCC(C(C)C)C(NC(=O)OC(C)(C)C)(C(=O)OCCl)C1. The van der Waals surface area contributed by atoms with Gasteiger partial charge in [-0.1, -0.05) is 38.8 Å². The van der Waals surface area contributed by atoms with Gasteiger partial charge >= 0.3 is 12.1 Å². The van der Waals surface area contributed by atoms with Crippen molar-refractivity contribution in [3.63, 3.8) is 0 Å². The van der Waals surface area contributed by atoms with Gasteiger partial charge in [-0.25, -0.2) is 9.59 Å². The maximum Gasteiger partial charge on any atom is 0.408 e. The lowest BCUT2D eigenvalue weighted by molar-refractivity contribution is -0.156. The van der Waals surface area contributed by atoms with Gasteiger partial charge in [-0.2, -0.15) is 0 Å². The summed E-state index contributed by atoms with van der Waals surface area (Å²) in [5.41, 5.74) is -1.71. The molecule has 1 aliphatic rings. The number of amides is 1. The summed E-state index contributed by atoms with van der Waals surface area (Å²) in [6, 6.07) is -0.226. The van der Waals surface area contributed by atoms with E-state index < -0.39 is 23.2 Å². The molecule has 1 amide bonds. The molecular weight excluding hydrogens is 318 g/mol. The van der Waals surface area contributed by atoms with Gasteiger partial charge in [0.2, 0.25) is 0 Å². The van der Waals surface area contributed by atoms with Crippen LogP contribution in [0.5, 0.6) is 0 Å². The van der Waals surface area contributed by atoms with E-state index in [4.69, 9.17) is 21.1 Å². The van der Waals surface area contributed by atoms with Crippen LogP contribution in [-0.4, -0.2) is 29.3 Å². The number of carbonyl (C=O) groups is 2. The Morgan fingerprint density at radius 1 is 1.30 bits per heavy atom. The van der Waals surface area contributed by atoms with E-state index in [0.29, 0.717) is 12.3 Å². The smallest absolute Gasteiger partial charge is 0.408 e. The molecule has 5 nitrogen and oxygen atoms in total. The molecule has 1 rings (SSSR count). The maximum atomic E-state index is 12.7. The van der Waals surface area contributed by atoms with Gasteiger partial charge in [-0.05, 0) is 51.4 Å². The van der Waals surface area contributed by atoms with Crippen molar-refractivity contribution < 1.29 is 19.1 Å². The van der Waals surface area contributed by atoms with Crippen molar-refractivity contribution in [2.24, 2.45) is 17.8 Å². The Labute approximate surface area is 144 Å². The van der Waals surface area contributed by atoms with E-state index in [9.17, 15) is 9.59 Å². The van der Waals surface area contributed by atoms with Crippen molar-refractivity contribution >= 4 is 23.7 Å². The molecule has 0 aromatic rings. The Kier molecular flexibility index (Phi) is 6.75. The second kappa shape index (κ2) is 7.73. The number of halogens is 1. The Morgan fingerprint density at radius 2 is 1.91 bits per heavy atom. The molecule has 6 heteroatoms. The summed E-state index contributed by atoms with van der Waals surface area (Å²) < 4.78 is 10.5. The van der Waals surface area contributed by atoms with Gasteiger partial charge in [0, 0.05) is 0 Å². The van der Waals surface area contributed by atoms with Gasteiger partial charge in [0.05, 0.1) is 0 Å². The quantitative estimate of drug-likeness (QED) is 0.614. The van der Waals surface area contributed by atoms with Crippen LogP contribution in [0.2, 0.25) is 0 Å². The number of esters is 1. The summed E-state index contributed by atoms with van der Waals surface area (Å²) in [5.74, 6) is 0.0497. The molecule has 0 radical (unpaired) electrons. The van der Waals surface area contributed by atoms with Crippen LogP contribution in [0.15, 0.2) is 0 Å². The van der Waals surface area contributed by atoms with E-state index >= 15 is 0 Å². The highest BCUT2D eigenvalue weighted by Gasteiger charge is 2.52. The lowest BCUT2D eigenvalue weighted by Gasteiger charge is -2.46. The minimum absolute atomic E-state index is 0.0121. The third-order valence-electron chi connectivity index (χ3n) is 4.35. The Bertz CT molecular complexity index is 433. The van der Waals surface area contributed by atoms with Crippen molar-refractivity contribution in [2.45, 2.75) is 71.9 Å². The molecule has 1 aliphatic carbocycles. The van der Waals surface area contributed by atoms with Crippen LogP contribution in [-0.2, 0) is 14.3 Å². The molecule has 0 aliphatic heterocycles. The van der Waals surface area contributed by atoms with Crippen molar-refractivity contribution in [3.05, 3.63) is 0 Å². The molecule has 1 saturated carbocycles. The number of rotatable bonds is 4. The summed E-state index contributed by atoms with van der Waals surface area (Å²) in [6.07, 6.45) is 1.81. The predicted octanol–water partition coefficient (Wildman–Crippen LogP) is 4.08. The second-order valence-corrected chi connectivity index (χ2v) is 8.09. The molecule has 1 fully saturated rings. The number of alkyl carbamates (subject to hydrolysis) is 1. The predicted molar refractivity (Wildman–Crippen MR) is 90.3 cm³/mol. The van der Waals surface area contributed by atoms with Crippen molar-refractivity contribution in [2.75, 3.05) is 6.07 Å². The summed E-state index contributed by atoms with van der Waals surface area (Å²) in [6.45, 7) is 11.6. The van der Waals surface area contributed by atoms with Crippen molar-refractivity contribution in [1.82, 2.24) is 5.32 Å². The van der Waals surface area contributed by atoms with Gasteiger partial charge in [0.15, 0.2) is 6.07 Å². The fourth-order valence-corrected chi connectivity index (χ4v) is 3.61. The third kappa shape index (κ3) is 5.27. The first-order chi connectivity index (χ1) is 10.5. The average Bonchev–Trinajstić information content (AvgIpc) is 2.35. The Morgan fingerprint density at radius 3 is 2.39 bits per heavy atom. The maximum absolute atomic E-state index is 12.7. The average molecular weight is 348 g/mol. The topological polar surface area (TPSA) is 64.6 Å². The second-order valence-electron chi connectivity index (χ2n) is 7.88. The van der Waals surface area contributed by atoms with Gasteiger partial charge < -0.3 is 14.8 Å². The summed E-state index contributed by atoms with van der Waals surface area (Å²) in [4.78, 5) is 25.0. The van der Waals surface area contributed by atoms with E-state index in [1.165, 1.54) is 0 Å². The first-order valence-corrected chi connectivity index (χ1v) is 8.79. The first-order valence-electron chi connectivity index (χ1n) is 8.26. The van der Waals surface area contributed by atoms with Crippen LogP contribution >= 0.6 is 11.6 Å². The van der Waals surface area contributed by atoms with Gasteiger partial charge in [0.1, 0.15) is 11.1 Å². The lowest BCUT2D eigenvalue weighted by atomic mass is 9.65. The van der Waals surface area contributed by atoms with Crippen LogP contribution in [0, 0.1) is 17.8 Å². The van der Waals surface area contributed by atoms with E-state index in [2.05, 4.69) is 26.1 Å². The zero-order valence-corrected chi connectivity index (χ0v) is 15.8. The van der Waals surface area contributed by atoms with E-state index in [0.717, 1.165) is 12.8 Å². The van der Waals surface area contributed by atoms with Crippen LogP contribution < -0.4 is 5.32 Å². The van der Waals surface area contributed by atoms with Crippen LogP contribution in [0.3, 0.4) is 0 Å². The molecule has 23 heavy (non-hydrogen) atoms. The van der Waals surface area contributed by atoms with Crippen molar-refractivity contribution in [1.29, 1.82) is 0 Å². The summed E-state index contributed by atoms with van der Waals surface area (Å²) in [7, 11) is 0. The highest BCUT2D eigenvalue weighted by molar-refractivity contribution is 6.17. The first kappa shape index (κ1) is 20.1. The zero-order chi connectivity index (χ0) is 17.8.